The van der Waals surface area contributed by atoms with E-state index in [4.69, 9.17) is 5.11 Å². The SMILES string of the molecule is COC(=O)c1ccc(-n2cc(CO)nn2)nc1. The predicted molar refractivity (Wildman–Crippen MR) is 56.4 cm³/mol. The van der Waals surface area contributed by atoms with E-state index in [-0.39, 0.29) is 6.61 Å². The Bertz CT molecular complexity index is 521. The zero-order valence-electron chi connectivity index (χ0n) is 9.07. The molecule has 0 atom stereocenters. The lowest BCUT2D eigenvalue weighted by Crippen LogP contribution is -2.04. The summed E-state index contributed by atoms with van der Waals surface area (Å²) in [6, 6.07) is 3.19. The number of aliphatic hydroxyl groups is 1. The van der Waals surface area contributed by atoms with Crippen LogP contribution in [0.25, 0.3) is 5.82 Å². The molecule has 0 aliphatic carbocycles. The number of hydrogen-bond acceptors (Lipinski definition) is 6. The molecule has 17 heavy (non-hydrogen) atoms. The summed E-state index contributed by atoms with van der Waals surface area (Å²) >= 11 is 0. The molecule has 2 heterocycles. The molecular weight excluding hydrogens is 224 g/mol. The Balaban J connectivity index is 2.25. The highest BCUT2D eigenvalue weighted by molar-refractivity contribution is 5.88. The van der Waals surface area contributed by atoms with Gasteiger partial charge in [-0.25, -0.2) is 14.5 Å². The molecule has 2 aromatic rings. The summed E-state index contributed by atoms with van der Waals surface area (Å²) in [5, 5.41) is 16.3. The summed E-state index contributed by atoms with van der Waals surface area (Å²) in [5.41, 5.74) is 0.808. The van der Waals surface area contributed by atoms with Crippen LogP contribution in [-0.4, -0.2) is 38.2 Å². The molecule has 0 amide bonds. The highest BCUT2D eigenvalue weighted by Crippen LogP contribution is 2.06. The number of rotatable bonds is 3. The van der Waals surface area contributed by atoms with Crippen LogP contribution in [0.2, 0.25) is 0 Å². The molecule has 2 rings (SSSR count). The second-order valence-electron chi connectivity index (χ2n) is 3.21. The molecule has 1 N–H and O–H groups in total. The number of hydrogen-bond donors (Lipinski definition) is 1. The first-order valence-electron chi connectivity index (χ1n) is 4.81. The Hall–Kier alpha value is -2.28. The summed E-state index contributed by atoms with van der Waals surface area (Å²) < 4.78 is 5.97. The minimum Gasteiger partial charge on any atom is -0.465 e. The van der Waals surface area contributed by atoms with E-state index in [2.05, 4.69) is 20.0 Å². The van der Waals surface area contributed by atoms with Crippen LogP contribution in [0.1, 0.15) is 16.1 Å². The van der Waals surface area contributed by atoms with E-state index in [1.54, 1.807) is 18.3 Å². The lowest BCUT2D eigenvalue weighted by molar-refractivity contribution is 0.0600. The van der Waals surface area contributed by atoms with Crippen molar-refractivity contribution in [3.8, 4) is 5.82 Å². The number of nitrogens with zero attached hydrogens (tertiary/aromatic N) is 4. The van der Waals surface area contributed by atoms with Crippen molar-refractivity contribution in [3.05, 3.63) is 35.8 Å². The van der Waals surface area contributed by atoms with Crippen LogP contribution in [0.5, 0.6) is 0 Å². The maximum Gasteiger partial charge on any atom is 0.339 e. The van der Waals surface area contributed by atoms with E-state index in [0.29, 0.717) is 17.1 Å². The van der Waals surface area contributed by atoms with Gasteiger partial charge in [-0.15, -0.1) is 5.10 Å². The molecule has 88 valence electrons. The van der Waals surface area contributed by atoms with Crippen molar-refractivity contribution < 1.29 is 14.6 Å². The van der Waals surface area contributed by atoms with Crippen LogP contribution >= 0.6 is 0 Å². The molecule has 7 nitrogen and oxygen atoms in total. The Morgan fingerprint density at radius 2 is 2.35 bits per heavy atom. The molecule has 0 aromatic carbocycles. The van der Waals surface area contributed by atoms with Gasteiger partial charge in [0, 0.05) is 6.20 Å². The minimum atomic E-state index is -0.446. The number of carbonyl (C=O) groups is 1. The zero-order chi connectivity index (χ0) is 12.3. The van der Waals surface area contributed by atoms with Crippen molar-refractivity contribution in [1.29, 1.82) is 0 Å². The van der Waals surface area contributed by atoms with Gasteiger partial charge in [0.05, 0.1) is 25.5 Å². The van der Waals surface area contributed by atoms with Gasteiger partial charge in [0.2, 0.25) is 0 Å². The lowest BCUT2D eigenvalue weighted by atomic mass is 10.3. The average molecular weight is 234 g/mol. The summed E-state index contributed by atoms with van der Waals surface area (Å²) in [6.07, 6.45) is 2.95. The highest BCUT2D eigenvalue weighted by atomic mass is 16.5. The minimum absolute atomic E-state index is 0.180. The lowest BCUT2D eigenvalue weighted by Gasteiger charge is -2.00. The molecule has 0 aliphatic heterocycles. The van der Waals surface area contributed by atoms with Crippen LogP contribution in [0, 0.1) is 0 Å². The van der Waals surface area contributed by atoms with Crippen LogP contribution in [-0.2, 0) is 11.3 Å². The fourth-order valence-corrected chi connectivity index (χ4v) is 1.24. The maximum atomic E-state index is 11.2. The summed E-state index contributed by atoms with van der Waals surface area (Å²) in [5.74, 6) is 0.0588. The van der Waals surface area contributed by atoms with Crippen LogP contribution in [0.4, 0.5) is 0 Å². The molecule has 0 saturated carbocycles. The van der Waals surface area contributed by atoms with Gasteiger partial charge in [0.15, 0.2) is 5.82 Å². The fourth-order valence-electron chi connectivity index (χ4n) is 1.24. The van der Waals surface area contributed by atoms with Crippen molar-refractivity contribution in [1.82, 2.24) is 20.0 Å². The van der Waals surface area contributed by atoms with Gasteiger partial charge >= 0.3 is 5.97 Å². The van der Waals surface area contributed by atoms with Crippen molar-refractivity contribution in [3.63, 3.8) is 0 Å². The molecule has 2 aromatic heterocycles. The molecule has 0 bridgehead atoms. The molecule has 0 radical (unpaired) electrons. The fraction of sp³-hybridized carbons (Fsp3) is 0.200. The van der Waals surface area contributed by atoms with Crippen LogP contribution < -0.4 is 0 Å². The first-order valence-corrected chi connectivity index (χ1v) is 4.81. The average Bonchev–Trinajstić information content (AvgIpc) is 2.87. The van der Waals surface area contributed by atoms with E-state index in [9.17, 15) is 4.79 Å². The first kappa shape index (κ1) is 11.2. The van der Waals surface area contributed by atoms with Crippen LogP contribution in [0.3, 0.4) is 0 Å². The summed E-state index contributed by atoms with van der Waals surface area (Å²) in [6.45, 7) is -0.180. The quantitative estimate of drug-likeness (QED) is 0.748. The van der Waals surface area contributed by atoms with Crippen LogP contribution in [0.15, 0.2) is 24.5 Å². The monoisotopic (exact) mass is 234 g/mol. The third kappa shape index (κ3) is 2.28. The number of esters is 1. The van der Waals surface area contributed by atoms with Gasteiger partial charge in [0.25, 0.3) is 0 Å². The van der Waals surface area contributed by atoms with Crippen molar-refractivity contribution in [2.75, 3.05) is 7.11 Å². The predicted octanol–water partition coefficient (Wildman–Crippen LogP) is -0.0588. The molecular formula is C10H10N4O3. The van der Waals surface area contributed by atoms with E-state index < -0.39 is 5.97 Å². The molecule has 0 unspecified atom stereocenters. The second kappa shape index (κ2) is 4.71. The van der Waals surface area contributed by atoms with Gasteiger partial charge in [-0.1, -0.05) is 5.21 Å². The Morgan fingerprint density at radius 3 is 2.88 bits per heavy atom. The zero-order valence-corrected chi connectivity index (χ0v) is 9.07. The molecule has 0 aliphatic rings. The Morgan fingerprint density at radius 1 is 1.53 bits per heavy atom. The third-order valence-electron chi connectivity index (χ3n) is 2.11. The molecule has 7 heteroatoms. The summed E-state index contributed by atoms with van der Waals surface area (Å²) in [4.78, 5) is 15.2. The number of pyridine rings is 1. The van der Waals surface area contributed by atoms with E-state index in [0.717, 1.165) is 0 Å². The Kier molecular flexibility index (Phi) is 3.10. The topological polar surface area (TPSA) is 90.1 Å². The van der Waals surface area contributed by atoms with Crippen molar-refractivity contribution in [2.24, 2.45) is 0 Å². The molecule has 0 fully saturated rings. The van der Waals surface area contributed by atoms with Crippen molar-refractivity contribution in [2.45, 2.75) is 6.61 Å². The number of methoxy groups -OCH3 is 1. The third-order valence-corrected chi connectivity index (χ3v) is 2.11. The van der Waals surface area contributed by atoms with Gasteiger partial charge in [-0.3, -0.25) is 0 Å². The molecule has 0 saturated heterocycles. The summed E-state index contributed by atoms with van der Waals surface area (Å²) in [7, 11) is 1.31. The standard InChI is InChI=1S/C10H10N4O3/c1-17-10(16)7-2-3-9(11-4-7)14-5-8(6-15)12-13-14/h2-5,15H,6H2,1H3. The van der Waals surface area contributed by atoms with Gasteiger partial charge < -0.3 is 9.84 Å². The number of aliphatic hydroxyl groups excluding tert-OH is 1. The number of aromatic nitrogens is 4. The van der Waals surface area contributed by atoms with E-state index in [1.165, 1.54) is 18.0 Å². The first-order chi connectivity index (χ1) is 8.24. The number of ether oxygens (including phenoxy) is 1. The van der Waals surface area contributed by atoms with E-state index in [1.807, 2.05) is 0 Å². The smallest absolute Gasteiger partial charge is 0.339 e. The normalized spacial score (nSPS) is 10.2. The van der Waals surface area contributed by atoms with E-state index >= 15 is 0 Å². The van der Waals surface area contributed by atoms with Crippen molar-refractivity contribution >= 4 is 5.97 Å². The Labute approximate surface area is 96.7 Å². The highest BCUT2D eigenvalue weighted by Gasteiger charge is 2.07. The number of carbonyl (C=O) groups excluding carboxylic acids is 1. The molecule has 0 spiro atoms. The second-order valence-corrected chi connectivity index (χ2v) is 3.21. The van der Waals surface area contributed by atoms with Gasteiger partial charge in [-0.05, 0) is 12.1 Å². The maximum absolute atomic E-state index is 11.2. The largest absolute Gasteiger partial charge is 0.465 e. The van der Waals surface area contributed by atoms with Gasteiger partial charge in [-0.2, -0.15) is 0 Å². The van der Waals surface area contributed by atoms with Gasteiger partial charge in [0.1, 0.15) is 5.69 Å².